The normalized spacial score (nSPS) is 17.1. The molecule has 2 aromatic rings. The van der Waals surface area contributed by atoms with Gasteiger partial charge >= 0.3 is 0 Å². The maximum Gasteiger partial charge on any atom is 0.269 e. The van der Waals surface area contributed by atoms with E-state index < -0.39 is 11.0 Å². The van der Waals surface area contributed by atoms with E-state index in [-0.39, 0.29) is 24.2 Å². The van der Waals surface area contributed by atoms with Crippen molar-refractivity contribution in [2.24, 2.45) is 0 Å². The number of nitrogens with zero attached hydrogens (tertiary/aromatic N) is 1. The van der Waals surface area contributed by atoms with Crippen LogP contribution < -0.4 is 10.1 Å². The number of aliphatic hydroxyl groups excluding tert-OH is 1. The highest BCUT2D eigenvalue weighted by Crippen LogP contribution is 2.19. The zero-order valence-electron chi connectivity index (χ0n) is 15.2. The monoisotopic (exact) mass is 386 g/mol. The second-order valence-electron chi connectivity index (χ2n) is 6.55. The first kappa shape index (κ1) is 19.8. The van der Waals surface area contributed by atoms with Crippen molar-refractivity contribution in [2.75, 3.05) is 19.8 Å². The van der Waals surface area contributed by atoms with Gasteiger partial charge in [-0.2, -0.15) is 0 Å². The van der Waals surface area contributed by atoms with Gasteiger partial charge in [0.25, 0.3) is 11.6 Å². The van der Waals surface area contributed by atoms with Crippen LogP contribution >= 0.6 is 0 Å². The minimum Gasteiger partial charge on any atom is -0.491 e. The van der Waals surface area contributed by atoms with Gasteiger partial charge in [0.05, 0.1) is 17.1 Å². The van der Waals surface area contributed by atoms with Gasteiger partial charge in [-0.25, -0.2) is 0 Å². The maximum absolute atomic E-state index is 12.3. The highest BCUT2D eigenvalue weighted by atomic mass is 16.6. The van der Waals surface area contributed by atoms with Crippen molar-refractivity contribution in [3.63, 3.8) is 0 Å². The standard InChI is InChI=1S/C20H22N2O6/c23-19(14-6-8-16(9-7-14)22(25)26)12-21-20(24)15-3-1-4-17(11-15)28-13-18-5-2-10-27-18/h1,3-4,6-9,11,18-19,23H,2,5,10,12-13H2,(H,21,24). The summed E-state index contributed by atoms with van der Waals surface area (Å²) in [6.45, 7) is 1.19. The van der Waals surface area contributed by atoms with Crippen LogP contribution in [0.15, 0.2) is 48.5 Å². The van der Waals surface area contributed by atoms with Crippen molar-refractivity contribution in [3.05, 3.63) is 69.8 Å². The van der Waals surface area contributed by atoms with Crippen molar-refractivity contribution in [3.8, 4) is 5.75 Å². The summed E-state index contributed by atoms with van der Waals surface area (Å²) in [4.78, 5) is 22.5. The number of rotatable bonds is 8. The predicted octanol–water partition coefficient (Wildman–Crippen LogP) is 2.62. The van der Waals surface area contributed by atoms with Crippen LogP contribution in [0, 0.1) is 10.1 Å². The minimum atomic E-state index is -0.969. The Morgan fingerprint density at radius 1 is 1.32 bits per heavy atom. The lowest BCUT2D eigenvalue weighted by atomic mass is 10.1. The van der Waals surface area contributed by atoms with Crippen LogP contribution in [0.3, 0.4) is 0 Å². The number of carbonyl (C=O) groups excluding carboxylic acids is 1. The van der Waals surface area contributed by atoms with Gasteiger partial charge in [-0.1, -0.05) is 6.07 Å². The second-order valence-corrected chi connectivity index (χ2v) is 6.55. The maximum atomic E-state index is 12.3. The summed E-state index contributed by atoms with van der Waals surface area (Å²) in [5, 5.41) is 23.5. The lowest BCUT2D eigenvalue weighted by molar-refractivity contribution is -0.384. The summed E-state index contributed by atoms with van der Waals surface area (Å²) in [7, 11) is 0. The van der Waals surface area contributed by atoms with Crippen LogP contribution in [0.4, 0.5) is 5.69 Å². The number of non-ortho nitro benzene ring substituents is 1. The van der Waals surface area contributed by atoms with E-state index in [9.17, 15) is 20.0 Å². The van der Waals surface area contributed by atoms with Crippen molar-refractivity contribution in [1.82, 2.24) is 5.32 Å². The third-order valence-corrected chi connectivity index (χ3v) is 4.50. The molecule has 2 unspecified atom stereocenters. The molecule has 1 aliphatic heterocycles. The Morgan fingerprint density at radius 3 is 2.79 bits per heavy atom. The SMILES string of the molecule is O=C(NCC(O)c1ccc([N+](=O)[O-])cc1)c1cccc(OCC2CCCO2)c1. The number of benzene rings is 2. The molecular formula is C20H22N2O6. The lowest BCUT2D eigenvalue weighted by Crippen LogP contribution is -2.28. The number of ether oxygens (including phenoxy) is 2. The first-order valence-corrected chi connectivity index (χ1v) is 9.08. The van der Waals surface area contributed by atoms with E-state index >= 15 is 0 Å². The Hall–Kier alpha value is -2.97. The van der Waals surface area contributed by atoms with E-state index in [0.29, 0.717) is 23.5 Å². The van der Waals surface area contributed by atoms with Crippen LogP contribution in [0.25, 0.3) is 0 Å². The number of carbonyl (C=O) groups is 1. The number of nitro groups is 1. The second kappa shape index (κ2) is 9.29. The molecule has 2 aromatic carbocycles. The fourth-order valence-corrected chi connectivity index (χ4v) is 2.92. The molecule has 0 aliphatic carbocycles. The fourth-order valence-electron chi connectivity index (χ4n) is 2.92. The van der Waals surface area contributed by atoms with E-state index in [0.717, 1.165) is 19.4 Å². The molecule has 8 heteroatoms. The zero-order valence-corrected chi connectivity index (χ0v) is 15.2. The summed E-state index contributed by atoms with van der Waals surface area (Å²) in [6, 6.07) is 12.4. The van der Waals surface area contributed by atoms with Gasteiger partial charge in [-0.3, -0.25) is 14.9 Å². The van der Waals surface area contributed by atoms with E-state index in [1.807, 2.05) is 0 Å². The Bertz CT molecular complexity index is 818. The first-order chi connectivity index (χ1) is 13.5. The van der Waals surface area contributed by atoms with Crippen LogP contribution in [0.2, 0.25) is 0 Å². The minimum absolute atomic E-state index is 0.0162. The number of aliphatic hydroxyl groups is 1. The van der Waals surface area contributed by atoms with Crippen LogP contribution in [-0.4, -0.2) is 41.8 Å². The molecule has 8 nitrogen and oxygen atoms in total. The van der Waals surface area contributed by atoms with Gasteiger partial charge < -0.3 is 19.9 Å². The molecule has 28 heavy (non-hydrogen) atoms. The molecular weight excluding hydrogens is 364 g/mol. The van der Waals surface area contributed by atoms with Crippen molar-refractivity contribution >= 4 is 11.6 Å². The molecule has 148 valence electrons. The Balaban J connectivity index is 1.52. The van der Waals surface area contributed by atoms with E-state index in [2.05, 4.69) is 5.32 Å². The molecule has 1 saturated heterocycles. The summed E-state index contributed by atoms with van der Waals surface area (Å²) in [5.74, 6) is 0.239. The zero-order chi connectivity index (χ0) is 19.9. The Kier molecular flexibility index (Phi) is 6.57. The smallest absolute Gasteiger partial charge is 0.269 e. The van der Waals surface area contributed by atoms with Gasteiger partial charge in [-0.05, 0) is 48.7 Å². The van der Waals surface area contributed by atoms with Gasteiger partial charge in [-0.15, -0.1) is 0 Å². The number of amides is 1. The predicted molar refractivity (Wildman–Crippen MR) is 101 cm³/mol. The Labute approximate surface area is 162 Å². The van der Waals surface area contributed by atoms with Gasteiger partial charge in [0, 0.05) is 30.8 Å². The summed E-state index contributed by atoms with van der Waals surface area (Å²) in [5.41, 5.74) is 0.847. The molecule has 3 rings (SSSR count). The number of nitrogens with one attached hydrogen (secondary N) is 1. The molecule has 0 spiro atoms. The topological polar surface area (TPSA) is 111 Å². The molecule has 2 N–H and O–H groups in total. The number of nitro benzene ring substituents is 1. The van der Waals surface area contributed by atoms with Gasteiger partial charge in [0.15, 0.2) is 0 Å². The third kappa shape index (κ3) is 5.28. The average molecular weight is 386 g/mol. The summed E-state index contributed by atoms with van der Waals surface area (Å²) < 4.78 is 11.2. The van der Waals surface area contributed by atoms with E-state index in [1.54, 1.807) is 24.3 Å². The first-order valence-electron chi connectivity index (χ1n) is 9.08. The lowest BCUT2D eigenvalue weighted by Gasteiger charge is -2.14. The fraction of sp³-hybridized carbons (Fsp3) is 0.350. The molecule has 1 amide bonds. The molecule has 2 atom stereocenters. The van der Waals surface area contributed by atoms with Crippen LogP contribution in [0.5, 0.6) is 5.75 Å². The van der Waals surface area contributed by atoms with Gasteiger partial charge in [0.2, 0.25) is 0 Å². The quantitative estimate of drug-likeness (QED) is 0.533. The van der Waals surface area contributed by atoms with E-state index in [4.69, 9.17) is 9.47 Å². The molecule has 0 bridgehead atoms. The summed E-state index contributed by atoms with van der Waals surface area (Å²) in [6.07, 6.45) is 1.13. The molecule has 1 aliphatic rings. The van der Waals surface area contributed by atoms with Crippen molar-refractivity contribution < 1.29 is 24.3 Å². The molecule has 1 fully saturated rings. The van der Waals surface area contributed by atoms with Crippen molar-refractivity contribution in [1.29, 1.82) is 0 Å². The molecule has 1 heterocycles. The van der Waals surface area contributed by atoms with Crippen LogP contribution in [-0.2, 0) is 4.74 Å². The van der Waals surface area contributed by atoms with Crippen LogP contribution in [0.1, 0.15) is 34.9 Å². The highest BCUT2D eigenvalue weighted by molar-refractivity contribution is 5.94. The third-order valence-electron chi connectivity index (χ3n) is 4.50. The summed E-state index contributed by atoms with van der Waals surface area (Å²) >= 11 is 0. The van der Waals surface area contributed by atoms with Gasteiger partial charge in [0.1, 0.15) is 12.4 Å². The molecule has 0 radical (unpaired) electrons. The number of hydrogen-bond acceptors (Lipinski definition) is 6. The van der Waals surface area contributed by atoms with Crippen molar-refractivity contribution in [2.45, 2.75) is 25.0 Å². The largest absolute Gasteiger partial charge is 0.491 e. The Morgan fingerprint density at radius 2 is 2.11 bits per heavy atom. The average Bonchev–Trinajstić information content (AvgIpc) is 3.24. The molecule has 0 aromatic heterocycles. The molecule has 0 saturated carbocycles. The highest BCUT2D eigenvalue weighted by Gasteiger charge is 2.17. The van der Waals surface area contributed by atoms with E-state index in [1.165, 1.54) is 24.3 Å². The number of hydrogen-bond donors (Lipinski definition) is 2.